The van der Waals surface area contributed by atoms with E-state index in [1.54, 1.807) is 6.08 Å². The summed E-state index contributed by atoms with van der Waals surface area (Å²) in [5, 5.41) is 0. The van der Waals surface area contributed by atoms with Gasteiger partial charge < -0.3 is 4.74 Å². The van der Waals surface area contributed by atoms with Crippen molar-refractivity contribution < 1.29 is 9.53 Å². The third-order valence-corrected chi connectivity index (χ3v) is 2.61. The predicted molar refractivity (Wildman–Crippen MR) is 47.1 cm³/mol. The average Bonchev–Trinajstić information content (AvgIpc) is 2.60. The molecule has 0 fully saturated rings. The molecule has 1 unspecified atom stereocenters. The minimum absolute atomic E-state index is 0.0799. The Kier molecular flexibility index (Phi) is 1.18. The molecule has 0 spiro atoms. The second-order valence-corrected chi connectivity index (χ2v) is 3.41. The van der Waals surface area contributed by atoms with Gasteiger partial charge in [-0.1, -0.05) is 24.3 Å². The number of hydrogen-bond acceptors (Lipinski definition) is 2. The van der Waals surface area contributed by atoms with E-state index in [1.807, 2.05) is 18.2 Å². The number of esters is 1. The van der Waals surface area contributed by atoms with Crippen LogP contribution in [0.25, 0.3) is 0 Å². The van der Waals surface area contributed by atoms with E-state index in [-0.39, 0.29) is 12.1 Å². The highest BCUT2D eigenvalue weighted by Crippen LogP contribution is 2.41. The molecule has 0 bridgehead atoms. The predicted octanol–water partition coefficient (Wildman–Crippen LogP) is 1.77. The van der Waals surface area contributed by atoms with Crippen molar-refractivity contribution >= 4 is 5.97 Å². The normalized spacial score (nSPS) is 23.5. The van der Waals surface area contributed by atoms with Crippen molar-refractivity contribution in [2.75, 3.05) is 0 Å². The van der Waals surface area contributed by atoms with Gasteiger partial charge in [0.25, 0.3) is 0 Å². The third-order valence-electron chi connectivity index (χ3n) is 2.61. The Bertz CT molecular complexity index is 418. The van der Waals surface area contributed by atoms with E-state index < -0.39 is 0 Å². The zero-order chi connectivity index (χ0) is 8.84. The third kappa shape index (κ3) is 0.856. The molecule has 0 radical (unpaired) electrons. The van der Waals surface area contributed by atoms with Crippen molar-refractivity contribution in [3.8, 4) is 0 Å². The summed E-state index contributed by atoms with van der Waals surface area (Å²) in [4.78, 5) is 11.0. The molecule has 0 saturated carbocycles. The van der Waals surface area contributed by atoms with Crippen LogP contribution in [-0.2, 0) is 16.0 Å². The van der Waals surface area contributed by atoms with Gasteiger partial charge in [-0.25, -0.2) is 4.79 Å². The lowest BCUT2D eigenvalue weighted by Gasteiger charge is -2.06. The minimum Gasteiger partial charge on any atom is -0.450 e. The maximum absolute atomic E-state index is 11.0. The fourth-order valence-corrected chi connectivity index (χ4v) is 2.03. The maximum Gasteiger partial charge on any atom is 0.331 e. The second kappa shape index (κ2) is 2.22. The van der Waals surface area contributed by atoms with Gasteiger partial charge in [0, 0.05) is 11.6 Å². The molecule has 1 aromatic rings. The van der Waals surface area contributed by atoms with E-state index in [0.717, 1.165) is 17.6 Å². The summed E-state index contributed by atoms with van der Waals surface area (Å²) in [5.41, 5.74) is 3.54. The van der Waals surface area contributed by atoms with Gasteiger partial charge in [0.1, 0.15) is 6.10 Å². The first-order chi connectivity index (χ1) is 6.34. The number of hydrogen-bond donors (Lipinski definition) is 0. The maximum atomic E-state index is 11.0. The Balaban J connectivity index is 2.14. The Labute approximate surface area is 75.8 Å². The summed E-state index contributed by atoms with van der Waals surface area (Å²) in [6, 6.07) is 8.11. The molecule has 1 aliphatic carbocycles. The smallest absolute Gasteiger partial charge is 0.331 e. The zero-order valence-electron chi connectivity index (χ0n) is 6.99. The largest absolute Gasteiger partial charge is 0.450 e. The Morgan fingerprint density at radius 2 is 2.15 bits per heavy atom. The fraction of sp³-hybridized carbons (Fsp3) is 0.182. The summed E-state index contributed by atoms with van der Waals surface area (Å²) in [6.45, 7) is 0. The summed E-state index contributed by atoms with van der Waals surface area (Å²) < 4.78 is 5.18. The van der Waals surface area contributed by atoms with Crippen molar-refractivity contribution in [1.82, 2.24) is 0 Å². The van der Waals surface area contributed by atoms with Gasteiger partial charge in [-0.15, -0.1) is 0 Å². The van der Waals surface area contributed by atoms with Crippen LogP contribution < -0.4 is 0 Å². The minimum atomic E-state index is -0.200. The quantitative estimate of drug-likeness (QED) is 0.557. The van der Waals surface area contributed by atoms with Crippen molar-refractivity contribution in [3.05, 3.63) is 47.0 Å². The molecule has 2 heteroatoms. The molecule has 0 amide bonds. The van der Waals surface area contributed by atoms with Crippen LogP contribution in [0.3, 0.4) is 0 Å². The van der Waals surface area contributed by atoms with Crippen molar-refractivity contribution in [2.24, 2.45) is 0 Å². The number of benzene rings is 1. The molecule has 0 saturated heterocycles. The van der Waals surface area contributed by atoms with Crippen LogP contribution >= 0.6 is 0 Å². The molecular weight excluding hydrogens is 164 g/mol. The summed E-state index contributed by atoms with van der Waals surface area (Å²) in [7, 11) is 0. The zero-order valence-corrected chi connectivity index (χ0v) is 6.99. The summed E-state index contributed by atoms with van der Waals surface area (Å²) in [5.74, 6) is -0.200. The topological polar surface area (TPSA) is 26.3 Å². The van der Waals surface area contributed by atoms with Gasteiger partial charge in [0.05, 0.1) is 0 Å². The molecule has 1 atom stereocenters. The van der Waals surface area contributed by atoms with Gasteiger partial charge >= 0.3 is 5.97 Å². The van der Waals surface area contributed by atoms with E-state index >= 15 is 0 Å². The van der Waals surface area contributed by atoms with Crippen LogP contribution in [0.1, 0.15) is 17.2 Å². The first-order valence-electron chi connectivity index (χ1n) is 4.33. The molecule has 3 rings (SSSR count). The van der Waals surface area contributed by atoms with E-state index in [1.165, 1.54) is 5.56 Å². The van der Waals surface area contributed by atoms with Crippen LogP contribution in [0.2, 0.25) is 0 Å². The lowest BCUT2D eigenvalue weighted by atomic mass is 10.1. The van der Waals surface area contributed by atoms with Gasteiger partial charge in [0.2, 0.25) is 0 Å². The highest BCUT2D eigenvalue weighted by atomic mass is 16.5. The fourth-order valence-electron chi connectivity index (χ4n) is 2.03. The van der Waals surface area contributed by atoms with Gasteiger partial charge in [-0.2, -0.15) is 0 Å². The summed E-state index contributed by atoms with van der Waals surface area (Å²) in [6.07, 6.45) is 2.40. The van der Waals surface area contributed by atoms with E-state index in [0.29, 0.717) is 0 Å². The van der Waals surface area contributed by atoms with Gasteiger partial charge in [-0.05, 0) is 17.6 Å². The molecule has 2 nitrogen and oxygen atoms in total. The standard InChI is InChI=1S/C11H8O2/c12-10-6-8-5-7-3-1-2-4-9(7)11(8)13-10/h1-4,6,11H,5H2. The molecule has 64 valence electrons. The average molecular weight is 172 g/mol. The molecule has 0 aromatic heterocycles. The van der Waals surface area contributed by atoms with Crippen molar-refractivity contribution in [3.63, 3.8) is 0 Å². The Hall–Kier alpha value is -1.57. The lowest BCUT2D eigenvalue weighted by molar-refractivity contribution is -0.138. The highest BCUT2D eigenvalue weighted by molar-refractivity contribution is 5.87. The lowest BCUT2D eigenvalue weighted by Crippen LogP contribution is -1.99. The molecule has 2 aliphatic rings. The van der Waals surface area contributed by atoms with Gasteiger partial charge in [0.15, 0.2) is 0 Å². The van der Waals surface area contributed by atoms with E-state index in [4.69, 9.17) is 4.74 Å². The molecule has 1 aromatic carbocycles. The number of rotatable bonds is 0. The Morgan fingerprint density at radius 3 is 3.08 bits per heavy atom. The van der Waals surface area contributed by atoms with Crippen LogP contribution in [0.5, 0.6) is 0 Å². The monoisotopic (exact) mass is 172 g/mol. The van der Waals surface area contributed by atoms with E-state index in [9.17, 15) is 4.79 Å². The summed E-state index contributed by atoms with van der Waals surface area (Å²) >= 11 is 0. The van der Waals surface area contributed by atoms with Crippen LogP contribution in [0.4, 0.5) is 0 Å². The Morgan fingerprint density at radius 1 is 1.31 bits per heavy atom. The SMILES string of the molecule is O=C1C=C2Cc3ccccc3C2O1. The first-order valence-corrected chi connectivity index (χ1v) is 4.33. The molecule has 13 heavy (non-hydrogen) atoms. The molecule has 1 aliphatic heterocycles. The van der Waals surface area contributed by atoms with Crippen LogP contribution in [-0.4, -0.2) is 5.97 Å². The van der Waals surface area contributed by atoms with Crippen LogP contribution in [0.15, 0.2) is 35.9 Å². The molecule has 1 heterocycles. The van der Waals surface area contributed by atoms with Gasteiger partial charge in [-0.3, -0.25) is 0 Å². The number of carbonyl (C=O) groups excluding carboxylic acids is 1. The second-order valence-electron chi connectivity index (χ2n) is 3.41. The number of carbonyl (C=O) groups is 1. The van der Waals surface area contributed by atoms with Crippen molar-refractivity contribution in [1.29, 1.82) is 0 Å². The van der Waals surface area contributed by atoms with E-state index in [2.05, 4.69) is 6.07 Å². The number of fused-ring (bicyclic) bond motifs is 3. The molecular formula is C11H8O2. The number of ether oxygens (including phenoxy) is 1. The first kappa shape index (κ1) is 6.89. The van der Waals surface area contributed by atoms with Crippen molar-refractivity contribution in [2.45, 2.75) is 12.5 Å². The highest BCUT2D eigenvalue weighted by Gasteiger charge is 2.34. The molecule has 0 N–H and O–H groups in total. The van der Waals surface area contributed by atoms with Crippen LogP contribution in [0, 0.1) is 0 Å².